The molecule has 1 aromatic rings. The number of carboxylic acids is 1. The number of nitrogens with one attached hydrogen (secondary N) is 1. The van der Waals surface area contributed by atoms with E-state index in [0.29, 0.717) is 5.56 Å². The molecule has 94 valence electrons. The second kappa shape index (κ2) is 6.14. The Bertz CT molecular complexity index is 493. The third-order valence-electron chi connectivity index (χ3n) is 1.99. The van der Waals surface area contributed by atoms with E-state index >= 15 is 0 Å². The Morgan fingerprint density at radius 2 is 1.89 bits per heavy atom. The fourth-order valence-electron chi connectivity index (χ4n) is 1.13. The van der Waals surface area contributed by atoms with E-state index in [1.165, 1.54) is 24.3 Å². The van der Waals surface area contributed by atoms with Crippen LogP contribution in [0.1, 0.15) is 5.56 Å². The van der Waals surface area contributed by atoms with Crippen LogP contribution in [0.4, 0.5) is 5.69 Å². The van der Waals surface area contributed by atoms with Gasteiger partial charge >= 0.3 is 5.97 Å². The SMILES string of the molecule is O=C(O)/C=C/C(=O)NCc1ccc([N+](=O)[O-])cc1. The summed E-state index contributed by atoms with van der Waals surface area (Å²) in [7, 11) is 0. The molecule has 0 fully saturated rings. The standard InChI is InChI=1S/C11H10N2O5/c14-10(5-6-11(15)16)12-7-8-1-3-9(4-2-8)13(17)18/h1-6H,7H2,(H,12,14)(H,15,16)/b6-5+. The molecule has 7 heteroatoms. The van der Waals surface area contributed by atoms with Gasteiger partial charge in [-0.05, 0) is 5.56 Å². The van der Waals surface area contributed by atoms with Crippen LogP contribution in [-0.4, -0.2) is 21.9 Å². The minimum Gasteiger partial charge on any atom is -0.478 e. The molecule has 0 saturated heterocycles. The van der Waals surface area contributed by atoms with Gasteiger partial charge in [-0.3, -0.25) is 14.9 Å². The van der Waals surface area contributed by atoms with Crippen molar-refractivity contribution in [1.29, 1.82) is 0 Å². The molecule has 0 heterocycles. The fourth-order valence-corrected chi connectivity index (χ4v) is 1.13. The van der Waals surface area contributed by atoms with Crippen molar-refractivity contribution < 1.29 is 19.6 Å². The van der Waals surface area contributed by atoms with Gasteiger partial charge in [0.25, 0.3) is 5.69 Å². The van der Waals surface area contributed by atoms with E-state index in [9.17, 15) is 19.7 Å². The number of nitrogens with zero attached hydrogens (tertiary/aromatic N) is 1. The van der Waals surface area contributed by atoms with E-state index < -0.39 is 16.8 Å². The van der Waals surface area contributed by atoms with E-state index in [4.69, 9.17) is 5.11 Å². The maximum Gasteiger partial charge on any atom is 0.328 e. The lowest BCUT2D eigenvalue weighted by molar-refractivity contribution is -0.384. The van der Waals surface area contributed by atoms with Gasteiger partial charge < -0.3 is 10.4 Å². The van der Waals surface area contributed by atoms with Crippen LogP contribution in [-0.2, 0) is 16.1 Å². The first-order valence-corrected chi connectivity index (χ1v) is 4.91. The Morgan fingerprint density at radius 3 is 2.39 bits per heavy atom. The number of rotatable bonds is 5. The number of carboxylic acid groups (broad SMARTS) is 1. The molecule has 18 heavy (non-hydrogen) atoms. The zero-order chi connectivity index (χ0) is 13.5. The predicted molar refractivity (Wildman–Crippen MR) is 61.7 cm³/mol. The molecular formula is C11H10N2O5. The molecule has 0 aliphatic rings. The van der Waals surface area contributed by atoms with Crippen LogP contribution in [0.3, 0.4) is 0 Å². The van der Waals surface area contributed by atoms with E-state index in [-0.39, 0.29) is 12.2 Å². The van der Waals surface area contributed by atoms with E-state index in [1.54, 1.807) is 0 Å². The van der Waals surface area contributed by atoms with Gasteiger partial charge in [-0.25, -0.2) is 4.79 Å². The first-order valence-electron chi connectivity index (χ1n) is 4.91. The smallest absolute Gasteiger partial charge is 0.328 e. The Kier molecular flexibility index (Phi) is 4.56. The van der Waals surface area contributed by atoms with Crippen LogP contribution in [0, 0.1) is 10.1 Å². The molecule has 1 rings (SSSR count). The number of benzene rings is 1. The van der Waals surface area contributed by atoms with Crippen molar-refractivity contribution in [1.82, 2.24) is 5.32 Å². The Labute approximate surface area is 102 Å². The number of nitro groups is 1. The monoisotopic (exact) mass is 250 g/mol. The van der Waals surface area contributed by atoms with Crippen LogP contribution < -0.4 is 5.32 Å². The van der Waals surface area contributed by atoms with Crippen molar-refractivity contribution >= 4 is 17.6 Å². The summed E-state index contributed by atoms with van der Waals surface area (Å²) in [5, 5.41) is 21.1. The van der Waals surface area contributed by atoms with Crippen molar-refractivity contribution in [2.75, 3.05) is 0 Å². The lowest BCUT2D eigenvalue weighted by Gasteiger charge is -2.01. The van der Waals surface area contributed by atoms with Crippen molar-refractivity contribution in [3.63, 3.8) is 0 Å². The fraction of sp³-hybridized carbons (Fsp3) is 0.0909. The molecule has 0 spiro atoms. The molecule has 0 aliphatic heterocycles. The van der Waals surface area contributed by atoms with Crippen LogP contribution in [0.15, 0.2) is 36.4 Å². The average Bonchev–Trinajstić information content (AvgIpc) is 2.34. The second-order valence-corrected chi connectivity index (χ2v) is 3.31. The maximum absolute atomic E-state index is 11.1. The van der Waals surface area contributed by atoms with Crippen LogP contribution >= 0.6 is 0 Å². The molecule has 7 nitrogen and oxygen atoms in total. The molecule has 0 atom stereocenters. The predicted octanol–water partition coefficient (Wildman–Crippen LogP) is 0.852. The van der Waals surface area contributed by atoms with Crippen molar-refractivity contribution in [2.45, 2.75) is 6.54 Å². The summed E-state index contributed by atoms with van der Waals surface area (Å²) in [5.41, 5.74) is 0.647. The zero-order valence-electron chi connectivity index (χ0n) is 9.20. The highest BCUT2D eigenvalue weighted by Gasteiger charge is 2.04. The summed E-state index contributed by atoms with van der Waals surface area (Å²) >= 11 is 0. The number of carbonyl (C=O) groups excluding carboxylic acids is 1. The second-order valence-electron chi connectivity index (χ2n) is 3.31. The van der Waals surface area contributed by atoms with Crippen molar-refractivity contribution in [3.8, 4) is 0 Å². The first-order chi connectivity index (χ1) is 8.49. The molecule has 0 unspecified atom stereocenters. The molecule has 0 saturated carbocycles. The van der Waals surface area contributed by atoms with Crippen molar-refractivity contribution in [2.24, 2.45) is 0 Å². The minimum atomic E-state index is -1.21. The van der Waals surface area contributed by atoms with E-state index in [0.717, 1.165) is 12.2 Å². The number of carbonyl (C=O) groups is 2. The molecule has 1 aromatic carbocycles. The zero-order valence-corrected chi connectivity index (χ0v) is 9.20. The highest BCUT2D eigenvalue weighted by atomic mass is 16.6. The molecule has 2 N–H and O–H groups in total. The van der Waals surface area contributed by atoms with Gasteiger partial charge in [0, 0.05) is 30.8 Å². The number of nitro benzene ring substituents is 1. The van der Waals surface area contributed by atoms with Gasteiger partial charge in [-0.2, -0.15) is 0 Å². The van der Waals surface area contributed by atoms with Gasteiger partial charge in [-0.1, -0.05) is 12.1 Å². The normalized spacial score (nSPS) is 10.2. The highest BCUT2D eigenvalue weighted by Crippen LogP contribution is 2.11. The lowest BCUT2D eigenvalue weighted by atomic mass is 10.2. The van der Waals surface area contributed by atoms with Gasteiger partial charge in [0.15, 0.2) is 0 Å². The minimum absolute atomic E-state index is 0.0316. The third kappa shape index (κ3) is 4.44. The Hall–Kier alpha value is -2.70. The summed E-state index contributed by atoms with van der Waals surface area (Å²) in [5.74, 6) is -1.75. The summed E-state index contributed by atoms with van der Waals surface area (Å²) in [4.78, 5) is 31.2. The summed E-state index contributed by atoms with van der Waals surface area (Å²) in [6.45, 7) is 0.167. The number of aliphatic carboxylic acids is 1. The molecule has 0 bridgehead atoms. The van der Waals surface area contributed by atoms with Gasteiger partial charge in [0.05, 0.1) is 4.92 Å². The Morgan fingerprint density at radius 1 is 1.28 bits per heavy atom. The quantitative estimate of drug-likeness (QED) is 0.457. The largest absolute Gasteiger partial charge is 0.478 e. The highest BCUT2D eigenvalue weighted by molar-refractivity contribution is 5.93. The molecule has 0 aliphatic carbocycles. The first kappa shape index (κ1) is 13.4. The van der Waals surface area contributed by atoms with Crippen molar-refractivity contribution in [3.05, 3.63) is 52.1 Å². The average molecular weight is 250 g/mol. The van der Waals surface area contributed by atoms with E-state index in [1.807, 2.05) is 0 Å². The summed E-state index contributed by atoms with van der Waals surface area (Å²) < 4.78 is 0. The van der Waals surface area contributed by atoms with Gasteiger partial charge in [0.1, 0.15) is 0 Å². The van der Waals surface area contributed by atoms with Crippen LogP contribution in [0.2, 0.25) is 0 Å². The number of amides is 1. The molecular weight excluding hydrogens is 240 g/mol. The lowest BCUT2D eigenvalue weighted by Crippen LogP contribution is -2.20. The molecule has 0 radical (unpaired) electrons. The molecule has 0 aromatic heterocycles. The number of hydrogen-bond donors (Lipinski definition) is 2. The van der Waals surface area contributed by atoms with E-state index in [2.05, 4.69) is 5.32 Å². The summed E-state index contributed by atoms with van der Waals surface area (Å²) in [6, 6.07) is 5.68. The topological polar surface area (TPSA) is 110 Å². The van der Waals surface area contributed by atoms with Crippen LogP contribution in [0.25, 0.3) is 0 Å². The summed E-state index contributed by atoms with van der Waals surface area (Å²) in [6.07, 6.45) is 1.62. The van der Waals surface area contributed by atoms with Crippen LogP contribution in [0.5, 0.6) is 0 Å². The Balaban J connectivity index is 2.51. The molecule has 1 amide bonds. The van der Waals surface area contributed by atoms with Gasteiger partial charge in [-0.15, -0.1) is 0 Å². The third-order valence-corrected chi connectivity index (χ3v) is 1.99. The number of hydrogen-bond acceptors (Lipinski definition) is 4. The maximum atomic E-state index is 11.1. The van der Waals surface area contributed by atoms with Gasteiger partial charge in [0.2, 0.25) is 5.91 Å². The number of non-ortho nitro benzene ring substituents is 1.